The lowest BCUT2D eigenvalue weighted by Crippen LogP contribution is -2.39. The maximum atomic E-state index is 12.9. The van der Waals surface area contributed by atoms with Gasteiger partial charge in [-0.3, -0.25) is 0 Å². The van der Waals surface area contributed by atoms with E-state index in [1.807, 2.05) is 17.7 Å². The van der Waals surface area contributed by atoms with Crippen LogP contribution in [0.4, 0.5) is 0 Å². The fourth-order valence-electron chi connectivity index (χ4n) is 3.26. The Morgan fingerprint density at radius 3 is 2.92 bits per heavy atom. The van der Waals surface area contributed by atoms with Gasteiger partial charge in [0.25, 0.3) is 0 Å². The molecule has 1 saturated heterocycles. The highest BCUT2D eigenvalue weighted by atomic mass is 32.2. The Morgan fingerprint density at radius 1 is 1.40 bits per heavy atom. The van der Waals surface area contributed by atoms with Crippen molar-refractivity contribution in [3.8, 4) is 0 Å². The van der Waals surface area contributed by atoms with E-state index in [2.05, 4.69) is 4.98 Å². The van der Waals surface area contributed by atoms with E-state index in [0.717, 1.165) is 25.2 Å². The largest absolute Gasteiger partial charge is 0.478 e. The predicted molar refractivity (Wildman–Crippen MR) is 92.0 cm³/mol. The summed E-state index contributed by atoms with van der Waals surface area (Å²) in [7, 11) is -3.73. The van der Waals surface area contributed by atoms with Gasteiger partial charge in [0.05, 0.1) is 10.5 Å². The highest BCUT2D eigenvalue weighted by Crippen LogP contribution is 2.29. The van der Waals surface area contributed by atoms with E-state index in [-0.39, 0.29) is 16.4 Å². The molecule has 0 unspecified atom stereocenters. The average Bonchev–Trinajstić information content (AvgIpc) is 3.10. The lowest BCUT2D eigenvalue weighted by molar-refractivity contribution is 0.0696. The summed E-state index contributed by atoms with van der Waals surface area (Å²) >= 11 is 0. The number of hydrogen-bond acceptors (Lipinski definition) is 4. The van der Waals surface area contributed by atoms with Gasteiger partial charge in [-0.25, -0.2) is 18.2 Å². The molecular formula is C17H21N3O4S. The molecule has 7 nitrogen and oxygen atoms in total. The molecule has 1 N–H and O–H groups in total. The SMILES string of the molecule is CCn1ccnc1[C@@H]1CCCN(S(=O)(=O)c2cccc(C(=O)O)c2)C1. The molecule has 1 aliphatic rings. The zero-order valence-corrected chi connectivity index (χ0v) is 14.8. The Balaban J connectivity index is 1.87. The van der Waals surface area contributed by atoms with Crippen LogP contribution >= 0.6 is 0 Å². The summed E-state index contributed by atoms with van der Waals surface area (Å²) in [6.45, 7) is 3.61. The van der Waals surface area contributed by atoms with Crippen molar-refractivity contribution in [3.05, 3.63) is 48.0 Å². The smallest absolute Gasteiger partial charge is 0.335 e. The van der Waals surface area contributed by atoms with E-state index >= 15 is 0 Å². The fraction of sp³-hybridized carbons (Fsp3) is 0.412. The summed E-state index contributed by atoms with van der Waals surface area (Å²) in [6.07, 6.45) is 5.28. The molecule has 1 aromatic heterocycles. The zero-order chi connectivity index (χ0) is 18.0. The number of aromatic carboxylic acids is 1. The molecule has 0 bridgehead atoms. The van der Waals surface area contributed by atoms with E-state index < -0.39 is 16.0 Å². The van der Waals surface area contributed by atoms with Gasteiger partial charge in [-0.2, -0.15) is 4.31 Å². The van der Waals surface area contributed by atoms with Crippen molar-refractivity contribution < 1.29 is 18.3 Å². The predicted octanol–water partition coefficient (Wildman–Crippen LogP) is 2.17. The highest BCUT2D eigenvalue weighted by molar-refractivity contribution is 7.89. The van der Waals surface area contributed by atoms with E-state index in [1.165, 1.54) is 28.6 Å². The van der Waals surface area contributed by atoms with Crippen molar-refractivity contribution in [3.63, 3.8) is 0 Å². The molecule has 0 aliphatic carbocycles. The molecule has 134 valence electrons. The summed E-state index contributed by atoms with van der Waals surface area (Å²) in [5.41, 5.74) is -0.0313. The van der Waals surface area contributed by atoms with Gasteiger partial charge in [-0.05, 0) is 38.0 Å². The van der Waals surface area contributed by atoms with Crippen molar-refractivity contribution in [2.24, 2.45) is 0 Å². The Kier molecular flexibility index (Phi) is 4.91. The summed E-state index contributed by atoms with van der Waals surface area (Å²) in [4.78, 5) is 15.5. The van der Waals surface area contributed by atoms with Crippen molar-refractivity contribution in [2.75, 3.05) is 13.1 Å². The normalized spacial score (nSPS) is 19.0. The molecule has 0 saturated carbocycles. The van der Waals surface area contributed by atoms with Crippen LogP contribution in [0.1, 0.15) is 41.9 Å². The Morgan fingerprint density at radius 2 is 2.20 bits per heavy atom. The molecule has 0 amide bonds. The van der Waals surface area contributed by atoms with Crippen LogP contribution in [-0.2, 0) is 16.6 Å². The Labute approximate surface area is 147 Å². The van der Waals surface area contributed by atoms with Gasteiger partial charge in [0.1, 0.15) is 5.82 Å². The van der Waals surface area contributed by atoms with Gasteiger partial charge in [0.15, 0.2) is 0 Å². The van der Waals surface area contributed by atoms with Crippen LogP contribution in [0.15, 0.2) is 41.6 Å². The number of hydrogen-bond donors (Lipinski definition) is 1. The molecule has 8 heteroatoms. The zero-order valence-electron chi connectivity index (χ0n) is 14.0. The van der Waals surface area contributed by atoms with Crippen LogP contribution in [0.3, 0.4) is 0 Å². The molecule has 0 radical (unpaired) electrons. The second kappa shape index (κ2) is 6.97. The minimum absolute atomic E-state index is 0.0203. The number of aryl methyl sites for hydroxylation is 1. The van der Waals surface area contributed by atoms with Crippen LogP contribution in [0.25, 0.3) is 0 Å². The van der Waals surface area contributed by atoms with Gasteiger partial charge in [-0.15, -0.1) is 0 Å². The lowest BCUT2D eigenvalue weighted by atomic mass is 9.99. The molecular weight excluding hydrogens is 342 g/mol. The van der Waals surface area contributed by atoms with Crippen LogP contribution in [0.5, 0.6) is 0 Å². The number of sulfonamides is 1. The highest BCUT2D eigenvalue weighted by Gasteiger charge is 2.32. The third-order valence-corrected chi connectivity index (χ3v) is 6.42. The van der Waals surface area contributed by atoms with Gasteiger partial charge < -0.3 is 9.67 Å². The minimum Gasteiger partial charge on any atom is -0.478 e. The molecule has 2 heterocycles. The first kappa shape index (κ1) is 17.6. The number of piperidine rings is 1. The first-order chi connectivity index (χ1) is 11.9. The van der Waals surface area contributed by atoms with Crippen molar-refractivity contribution >= 4 is 16.0 Å². The van der Waals surface area contributed by atoms with E-state index in [0.29, 0.717) is 13.1 Å². The fourth-order valence-corrected chi connectivity index (χ4v) is 4.83. The number of carboxylic acids is 1. The third-order valence-electron chi connectivity index (χ3n) is 4.56. The second-order valence-corrected chi connectivity index (χ2v) is 8.04. The van der Waals surface area contributed by atoms with E-state index in [4.69, 9.17) is 5.11 Å². The molecule has 1 aromatic carbocycles. The van der Waals surface area contributed by atoms with Gasteiger partial charge in [0, 0.05) is 37.9 Å². The number of nitrogens with zero attached hydrogens (tertiary/aromatic N) is 3. The second-order valence-electron chi connectivity index (χ2n) is 6.11. The Bertz CT molecular complexity index is 876. The number of imidazole rings is 1. The van der Waals surface area contributed by atoms with Gasteiger partial charge in [0.2, 0.25) is 10.0 Å². The summed E-state index contributed by atoms with van der Waals surface area (Å²) in [5.74, 6) is -0.193. The van der Waals surface area contributed by atoms with Crippen LogP contribution in [0.2, 0.25) is 0 Å². The molecule has 1 atom stereocenters. The van der Waals surface area contributed by atoms with E-state index in [9.17, 15) is 13.2 Å². The number of benzene rings is 1. The van der Waals surface area contributed by atoms with Crippen molar-refractivity contribution in [2.45, 2.75) is 37.1 Å². The van der Waals surface area contributed by atoms with Crippen LogP contribution in [-0.4, -0.2) is 46.4 Å². The number of aromatic nitrogens is 2. The maximum Gasteiger partial charge on any atom is 0.335 e. The Hall–Kier alpha value is -2.19. The quantitative estimate of drug-likeness (QED) is 0.879. The topological polar surface area (TPSA) is 92.5 Å². The maximum absolute atomic E-state index is 12.9. The monoisotopic (exact) mass is 363 g/mol. The first-order valence-corrected chi connectivity index (χ1v) is 9.72. The molecule has 1 fully saturated rings. The van der Waals surface area contributed by atoms with Crippen molar-refractivity contribution in [1.82, 2.24) is 13.9 Å². The third kappa shape index (κ3) is 3.45. The molecule has 1 aliphatic heterocycles. The molecule has 2 aromatic rings. The molecule has 25 heavy (non-hydrogen) atoms. The summed E-state index contributed by atoms with van der Waals surface area (Å²) in [6, 6.07) is 5.51. The number of carbonyl (C=O) groups is 1. The summed E-state index contributed by atoms with van der Waals surface area (Å²) in [5, 5.41) is 9.09. The number of rotatable bonds is 5. The molecule has 3 rings (SSSR count). The summed E-state index contributed by atoms with van der Waals surface area (Å²) < 4.78 is 29.3. The van der Waals surface area contributed by atoms with Crippen LogP contribution in [0, 0.1) is 0 Å². The van der Waals surface area contributed by atoms with Crippen molar-refractivity contribution in [1.29, 1.82) is 0 Å². The minimum atomic E-state index is -3.73. The number of carboxylic acid groups (broad SMARTS) is 1. The lowest BCUT2D eigenvalue weighted by Gasteiger charge is -2.31. The van der Waals surface area contributed by atoms with Gasteiger partial charge >= 0.3 is 5.97 Å². The first-order valence-electron chi connectivity index (χ1n) is 8.28. The molecule has 0 spiro atoms. The standard InChI is InChI=1S/C17H21N3O4S/c1-2-19-10-8-18-16(19)14-6-4-9-20(12-14)25(23,24)15-7-3-5-13(11-15)17(21)22/h3,5,7-8,10-11,14H,2,4,6,9,12H2,1H3,(H,21,22)/t14-/m1/s1. The van der Waals surface area contributed by atoms with E-state index in [1.54, 1.807) is 6.20 Å². The van der Waals surface area contributed by atoms with Crippen LogP contribution < -0.4 is 0 Å². The van der Waals surface area contributed by atoms with Gasteiger partial charge in [-0.1, -0.05) is 6.07 Å². The average molecular weight is 363 g/mol.